The van der Waals surface area contributed by atoms with Crippen LogP contribution in [0.5, 0.6) is 0 Å². The number of hydrogen-bond donors (Lipinski definition) is 2. The second-order valence-corrected chi connectivity index (χ2v) is 7.24. The average Bonchev–Trinajstić information content (AvgIpc) is 2.46. The van der Waals surface area contributed by atoms with Crippen LogP contribution in [-0.2, 0) is 4.74 Å². The third-order valence-electron chi connectivity index (χ3n) is 3.99. The first-order valence-corrected chi connectivity index (χ1v) is 8.30. The first-order valence-electron chi connectivity index (χ1n) is 8.30. The maximum Gasteiger partial charge on any atom is 0.407 e. The SMILES string of the molecule is CC(=O)c1ccc(N2CCC(NC(=O)OC(C)(C)C)CC2)c(N)c1. The van der Waals surface area contributed by atoms with E-state index in [-0.39, 0.29) is 17.9 Å². The standard InChI is InChI=1S/C18H27N3O3/c1-12(22)13-5-6-16(15(19)11-13)21-9-7-14(8-10-21)20-17(23)24-18(2,3)4/h5-6,11,14H,7-10,19H2,1-4H3,(H,20,23). The highest BCUT2D eigenvalue weighted by atomic mass is 16.6. The highest BCUT2D eigenvalue weighted by molar-refractivity contribution is 5.96. The fraction of sp³-hybridized carbons (Fsp3) is 0.556. The minimum Gasteiger partial charge on any atom is -0.444 e. The second kappa shape index (κ2) is 7.11. The van der Waals surface area contributed by atoms with Crippen molar-refractivity contribution in [2.75, 3.05) is 23.7 Å². The number of nitrogens with zero attached hydrogens (tertiary/aromatic N) is 1. The number of carbonyl (C=O) groups is 2. The number of alkyl carbamates (subject to hydrolysis) is 1. The molecule has 1 saturated heterocycles. The summed E-state index contributed by atoms with van der Waals surface area (Å²) in [6.45, 7) is 8.67. The largest absolute Gasteiger partial charge is 0.444 e. The number of nitrogen functional groups attached to an aromatic ring is 1. The molecule has 0 aromatic heterocycles. The van der Waals surface area contributed by atoms with Crippen LogP contribution in [0.1, 0.15) is 50.9 Å². The van der Waals surface area contributed by atoms with Gasteiger partial charge >= 0.3 is 6.09 Å². The van der Waals surface area contributed by atoms with Gasteiger partial charge in [-0.1, -0.05) is 0 Å². The summed E-state index contributed by atoms with van der Waals surface area (Å²) in [6, 6.07) is 5.53. The van der Waals surface area contributed by atoms with Crippen LogP contribution in [0, 0.1) is 0 Å². The molecule has 3 N–H and O–H groups in total. The number of piperidine rings is 1. The van der Waals surface area contributed by atoms with Gasteiger partial charge in [0.05, 0.1) is 11.4 Å². The predicted octanol–water partition coefficient (Wildman–Crippen LogP) is 2.96. The van der Waals surface area contributed by atoms with Gasteiger partial charge in [-0.15, -0.1) is 0 Å². The maximum absolute atomic E-state index is 11.8. The van der Waals surface area contributed by atoms with E-state index in [1.165, 1.54) is 6.92 Å². The highest BCUT2D eigenvalue weighted by Crippen LogP contribution is 2.27. The van der Waals surface area contributed by atoms with Crippen molar-refractivity contribution in [3.05, 3.63) is 23.8 Å². The molecule has 1 aliphatic heterocycles. The minimum absolute atomic E-state index is 0.00789. The minimum atomic E-state index is -0.488. The molecular weight excluding hydrogens is 306 g/mol. The molecule has 0 bridgehead atoms. The van der Waals surface area contributed by atoms with E-state index >= 15 is 0 Å². The molecule has 0 atom stereocenters. The Bertz CT molecular complexity index is 614. The summed E-state index contributed by atoms with van der Waals surface area (Å²) in [5, 5.41) is 2.92. The molecule has 1 heterocycles. The number of anilines is 2. The lowest BCUT2D eigenvalue weighted by Crippen LogP contribution is -2.46. The Kier molecular flexibility index (Phi) is 5.36. The van der Waals surface area contributed by atoms with Crippen LogP contribution in [0.2, 0.25) is 0 Å². The number of hydrogen-bond acceptors (Lipinski definition) is 5. The molecular formula is C18H27N3O3. The highest BCUT2D eigenvalue weighted by Gasteiger charge is 2.24. The second-order valence-electron chi connectivity index (χ2n) is 7.24. The summed E-state index contributed by atoms with van der Waals surface area (Å²) in [5.41, 5.74) is 7.78. The number of nitrogens with two attached hydrogens (primary N) is 1. The fourth-order valence-corrected chi connectivity index (χ4v) is 2.80. The maximum atomic E-state index is 11.8. The smallest absolute Gasteiger partial charge is 0.407 e. The van der Waals surface area contributed by atoms with Gasteiger partial charge in [-0.25, -0.2) is 4.79 Å². The molecule has 2 rings (SSSR count). The van der Waals surface area contributed by atoms with Crippen LogP contribution in [-0.4, -0.2) is 36.6 Å². The summed E-state index contributed by atoms with van der Waals surface area (Å²) in [4.78, 5) is 25.4. The lowest BCUT2D eigenvalue weighted by Gasteiger charge is -2.35. The van der Waals surface area contributed by atoms with Crippen molar-refractivity contribution < 1.29 is 14.3 Å². The molecule has 132 valence electrons. The number of Topliss-reactive ketones (excluding diaryl/α,β-unsaturated/α-hetero) is 1. The summed E-state index contributed by atoms with van der Waals surface area (Å²) in [6.07, 6.45) is 1.28. The van der Waals surface area contributed by atoms with Crippen LogP contribution in [0.3, 0.4) is 0 Å². The first-order chi connectivity index (χ1) is 11.2. The Morgan fingerprint density at radius 3 is 2.38 bits per heavy atom. The molecule has 1 aromatic carbocycles. The summed E-state index contributed by atoms with van der Waals surface area (Å²) in [5.74, 6) is 0.00789. The van der Waals surface area contributed by atoms with Gasteiger partial charge in [0.1, 0.15) is 5.60 Å². The van der Waals surface area contributed by atoms with E-state index in [2.05, 4.69) is 10.2 Å². The van der Waals surface area contributed by atoms with Crippen LogP contribution in [0.25, 0.3) is 0 Å². The molecule has 1 fully saturated rings. The van der Waals surface area contributed by atoms with E-state index in [9.17, 15) is 9.59 Å². The van der Waals surface area contributed by atoms with Crippen LogP contribution < -0.4 is 16.0 Å². The third-order valence-corrected chi connectivity index (χ3v) is 3.99. The topological polar surface area (TPSA) is 84.7 Å². The van der Waals surface area contributed by atoms with Gasteiger partial charge in [0.25, 0.3) is 0 Å². The summed E-state index contributed by atoms with van der Waals surface area (Å²) >= 11 is 0. The van der Waals surface area contributed by atoms with Gasteiger partial charge < -0.3 is 20.7 Å². The van der Waals surface area contributed by atoms with E-state index in [0.29, 0.717) is 11.3 Å². The predicted molar refractivity (Wildman–Crippen MR) is 95.5 cm³/mol. The number of rotatable bonds is 3. The Balaban J connectivity index is 1.91. The lowest BCUT2D eigenvalue weighted by molar-refractivity contribution is 0.0497. The van der Waals surface area contributed by atoms with E-state index in [0.717, 1.165) is 31.6 Å². The quantitative estimate of drug-likeness (QED) is 0.656. The van der Waals surface area contributed by atoms with Gasteiger partial charge in [0, 0.05) is 24.7 Å². The molecule has 0 saturated carbocycles. The van der Waals surface area contributed by atoms with Crippen LogP contribution >= 0.6 is 0 Å². The van der Waals surface area contributed by atoms with Crippen molar-refractivity contribution in [3.63, 3.8) is 0 Å². The van der Waals surface area contributed by atoms with E-state index in [1.54, 1.807) is 12.1 Å². The third kappa shape index (κ3) is 4.88. The zero-order valence-electron chi connectivity index (χ0n) is 14.9. The molecule has 0 aliphatic carbocycles. The molecule has 1 aromatic rings. The van der Waals surface area contributed by atoms with Gasteiger partial charge in [-0.05, 0) is 58.7 Å². The molecule has 24 heavy (non-hydrogen) atoms. The Labute approximate surface area is 143 Å². The lowest BCUT2D eigenvalue weighted by atomic mass is 10.0. The number of benzene rings is 1. The van der Waals surface area contributed by atoms with Crippen molar-refractivity contribution in [3.8, 4) is 0 Å². The Morgan fingerprint density at radius 2 is 1.88 bits per heavy atom. The molecule has 1 amide bonds. The zero-order chi connectivity index (χ0) is 17.9. The first kappa shape index (κ1) is 18.1. The molecule has 6 heteroatoms. The van der Waals surface area contributed by atoms with Crippen LogP contribution in [0.15, 0.2) is 18.2 Å². The van der Waals surface area contributed by atoms with Gasteiger partial charge in [-0.2, -0.15) is 0 Å². The zero-order valence-corrected chi connectivity index (χ0v) is 14.9. The Morgan fingerprint density at radius 1 is 1.25 bits per heavy atom. The van der Waals surface area contributed by atoms with E-state index in [4.69, 9.17) is 10.5 Å². The number of carbonyl (C=O) groups excluding carboxylic acids is 2. The average molecular weight is 333 g/mol. The summed E-state index contributed by atoms with van der Waals surface area (Å²) < 4.78 is 5.29. The van der Waals surface area contributed by atoms with Crippen molar-refractivity contribution in [2.45, 2.75) is 52.2 Å². The number of nitrogens with one attached hydrogen (secondary N) is 1. The molecule has 1 aliphatic rings. The van der Waals surface area contributed by atoms with E-state index in [1.807, 2.05) is 26.8 Å². The van der Waals surface area contributed by atoms with Gasteiger partial charge in [0.2, 0.25) is 0 Å². The molecule has 0 radical (unpaired) electrons. The normalized spacial score (nSPS) is 15.9. The number of amides is 1. The molecule has 0 spiro atoms. The monoisotopic (exact) mass is 333 g/mol. The van der Waals surface area contributed by atoms with Crippen molar-refractivity contribution in [2.24, 2.45) is 0 Å². The fourth-order valence-electron chi connectivity index (χ4n) is 2.80. The van der Waals surface area contributed by atoms with Gasteiger partial charge in [-0.3, -0.25) is 4.79 Å². The van der Waals surface area contributed by atoms with Crippen molar-refractivity contribution in [1.29, 1.82) is 0 Å². The number of ether oxygens (including phenoxy) is 1. The van der Waals surface area contributed by atoms with Crippen LogP contribution in [0.4, 0.5) is 16.2 Å². The molecule has 6 nitrogen and oxygen atoms in total. The summed E-state index contributed by atoms with van der Waals surface area (Å²) in [7, 11) is 0. The van der Waals surface area contributed by atoms with Crippen molar-refractivity contribution >= 4 is 23.3 Å². The van der Waals surface area contributed by atoms with Gasteiger partial charge in [0.15, 0.2) is 5.78 Å². The number of ketones is 1. The van der Waals surface area contributed by atoms with Crippen molar-refractivity contribution in [1.82, 2.24) is 5.32 Å². The van der Waals surface area contributed by atoms with E-state index < -0.39 is 5.60 Å². The Hall–Kier alpha value is -2.24. The molecule has 0 unspecified atom stereocenters.